The average molecular weight is 591 g/mol. The number of carbonyl (C=O) groups is 4. The predicted molar refractivity (Wildman–Crippen MR) is 158 cm³/mol. The molecule has 4 amide bonds. The molecular formula is C32H29Cl2N3O4. The van der Waals surface area contributed by atoms with Crippen LogP contribution in [0.25, 0.3) is 0 Å². The molecule has 0 radical (unpaired) electrons. The fraction of sp³-hybridized carbons (Fsp3) is 0.312. The maximum Gasteiger partial charge on any atom is 0.235 e. The first-order chi connectivity index (χ1) is 19.7. The Balaban J connectivity index is 1.10. The first kappa shape index (κ1) is 27.5. The van der Waals surface area contributed by atoms with Crippen molar-refractivity contribution in [2.45, 2.75) is 42.4 Å². The molecule has 3 aliphatic carbocycles. The van der Waals surface area contributed by atoms with Gasteiger partial charge in [0, 0.05) is 31.3 Å². The van der Waals surface area contributed by atoms with Crippen LogP contribution in [0.3, 0.4) is 0 Å². The van der Waals surface area contributed by atoms with E-state index in [9.17, 15) is 19.2 Å². The molecule has 2 N–H and O–H groups in total. The van der Waals surface area contributed by atoms with Gasteiger partial charge in [-0.05, 0) is 59.4 Å². The number of hydrogen-bond acceptors (Lipinski definition) is 4. The molecule has 3 aromatic carbocycles. The first-order valence-electron chi connectivity index (χ1n) is 13.8. The van der Waals surface area contributed by atoms with E-state index in [1.54, 1.807) is 24.3 Å². The van der Waals surface area contributed by atoms with Crippen LogP contribution in [0.1, 0.15) is 54.9 Å². The van der Waals surface area contributed by atoms with Gasteiger partial charge in [-0.15, -0.1) is 23.2 Å². The number of unbranched alkanes of at least 4 members (excludes halogenated alkanes) is 2. The Labute approximate surface area is 248 Å². The molecule has 2 atom stereocenters. The lowest BCUT2D eigenvalue weighted by molar-refractivity contribution is -0.140. The maximum absolute atomic E-state index is 13.8. The summed E-state index contributed by atoms with van der Waals surface area (Å²) in [5.41, 5.74) is 4.44. The Morgan fingerprint density at radius 1 is 0.707 bits per heavy atom. The van der Waals surface area contributed by atoms with Gasteiger partial charge in [-0.25, -0.2) is 0 Å². The fourth-order valence-corrected chi connectivity index (χ4v) is 7.84. The third-order valence-electron chi connectivity index (χ3n) is 8.45. The minimum absolute atomic E-state index is 0.128. The van der Waals surface area contributed by atoms with Crippen LogP contribution in [0.2, 0.25) is 0 Å². The molecule has 210 valence electrons. The number of nitrogens with zero attached hydrogens (tertiary/aromatic N) is 1. The largest absolute Gasteiger partial charge is 0.326 e. The number of alkyl halides is 2. The third-order valence-corrected chi connectivity index (χ3v) is 9.74. The molecule has 0 saturated carbocycles. The molecule has 1 fully saturated rings. The second-order valence-electron chi connectivity index (χ2n) is 10.9. The molecule has 1 aliphatic heterocycles. The van der Waals surface area contributed by atoms with Crippen molar-refractivity contribution in [1.82, 2.24) is 4.90 Å². The zero-order valence-corrected chi connectivity index (χ0v) is 24.0. The van der Waals surface area contributed by atoms with Crippen LogP contribution < -0.4 is 10.6 Å². The smallest absolute Gasteiger partial charge is 0.235 e. The minimum Gasteiger partial charge on any atom is -0.326 e. The van der Waals surface area contributed by atoms with E-state index in [0.717, 1.165) is 22.3 Å². The number of amides is 4. The average Bonchev–Trinajstić information content (AvgIpc) is 3.22. The summed E-state index contributed by atoms with van der Waals surface area (Å²) in [6.45, 7) is 1.69. The van der Waals surface area contributed by atoms with Crippen molar-refractivity contribution in [1.29, 1.82) is 0 Å². The number of likely N-dealkylation sites (tertiary alicyclic amines) is 1. The Kier molecular flexibility index (Phi) is 6.91. The topological polar surface area (TPSA) is 95.6 Å². The highest BCUT2D eigenvalue weighted by Crippen LogP contribution is 2.69. The summed E-state index contributed by atoms with van der Waals surface area (Å²) in [5.74, 6) is -2.45. The highest BCUT2D eigenvalue weighted by Gasteiger charge is 2.72. The molecule has 4 aliphatic rings. The molecular weight excluding hydrogens is 561 g/mol. The standard InChI is InChI=1S/C32H29Cl2N3O4/c1-19(38)35-20-14-16-21(17-15-20)36-26(39)13-3-2-8-18-37-29(40)27-28(30(37)41)32(34)23-10-5-4-9-22(23)31(27,33)24-11-6-7-12-25(24)32/h4-7,9-12,14-17,27-28H,2-3,8,13,18H2,1H3,(H,35,38)(H,36,39)/t27-,28-,31?,32?/m1/s1. The number of benzene rings is 3. The predicted octanol–water partition coefficient (Wildman–Crippen LogP) is 5.74. The normalized spacial score (nSPS) is 25.4. The SMILES string of the molecule is CC(=O)Nc1ccc(NC(=O)CCCCCN2C(=O)[C@H]3[C@H](C2=O)C2(Cl)c4ccccc4C3(Cl)c3ccccc32)cc1. The Morgan fingerprint density at radius 2 is 1.15 bits per heavy atom. The van der Waals surface area contributed by atoms with E-state index in [1.807, 2.05) is 48.5 Å². The molecule has 3 aromatic rings. The summed E-state index contributed by atoms with van der Waals surface area (Å²) in [5, 5.41) is 5.53. The summed E-state index contributed by atoms with van der Waals surface area (Å²) in [6, 6.07) is 22.1. The van der Waals surface area contributed by atoms with Crippen molar-refractivity contribution in [3.05, 3.63) is 95.1 Å². The number of hydrogen-bond donors (Lipinski definition) is 2. The Bertz CT molecular complexity index is 1450. The number of imide groups is 1. The van der Waals surface area contributed by atoms with E-state index in [2.05, 4.69) is 10.6 Å². The molecule has 0 aromatic heterocycles. The van der Waals surface area contributed by atoms with Crippen molar-refractivity contribution >= 4 is 58.2 Å². The van der Waals surface area contributed by atoms with Crippen molar-refractivity contribution in [3.63, 3.8) is 0 Å². The van der Waals surface area contributed by atoms with Gasteiger partial charge in [0.2, 0.25) is 23.6 Å². The van der Waals surface area contributed by atoms with Gasteiger partial charge >= 0.3 is 0 Å². The van der Waals surface area contributed by atoms with Gasteiger partial charge in [0.05, 0.1) is 11.8 Å². The van der Waals surface area contributed by atoms with E-state index in [1.165, 1.54) is 11.8 Å². The highest BCUT2D eigenvalue weighted by molar-refractivity contribution is 6.36. The Hall–Kier alpha value is -3.68. The molecule has 9 heteroatoms. The number of anilines is 2. The van der Waals surface area contributed by atoms with Gasteiger partial charge in [0.15, 0.2) is 0 Å². The van der Waals surface area contributed by atoms with Crippen molar-refractivity contribution < 1.29 is 19.2 Å². The lowest BCUT2D eigenvalue weighted by Gasteiger charge is -2.54. The number of halogens is 2. The van der Waals surface area contributed by atoms with E-state index in [0.29, 0.717) is 37.1 Å². The van der Waals surface area contributed by atoms with Crippen LogP contribution in [0.4, 0.5) is 11.4 Å². The van der Waals surface area contributed by atoms with E-state index in [-0.39, 0.29) is 30.2 Å². The van der Waals surface area contributed by atoms with E-state index >= 15 is 0 Å². The van der Waals surface area contributed by atoms with Gasteiger partial charge in [-0.2, -0.15) is 0 Å². The summed E-state index contributed by atoms with van der Waals surface area (Å²) in [6.07, 6.45) is 2.15. The molecule has 7 nitrogen and oxygen atoms in total. The van der Waals surface area contributed by atoms with E-state index in [4.69, 9.17) is 23.2 Å². The molecule has 1 saturated heterocycles. The van der Waals surface area contributed by atoms with E-state index < -0.39 is 21.6 Å². The molecule has 0 spiro atoms. The van der Waals surface area contributed by atoms with Gasteiger partial charge in [0.1, 0.15) is 9.75 Å². The minimum atomic E-state index is -1.17. The molecule has 7 rings (SSSR count). The van der Waals surface area contributed by atoms with Gasteiger partial charge in [-0.1, -0.05) is 55.0 Å². The van der Waals surface area contributed by atoms with Crippen LogP contribution >= 0.6 is 23.2 Å². The second-order valence-corrected chi connectivity index (χ2v) is 12.1. The maximum atomic E-state index is 13.8. The van der Waals surface area contributed by atoms with Gasteiger partial charge in [-0.3, -0.25) is 24.1 Å². The Morgan fingerprint density at radius 3 is 1.59 bits per heavy atom. The van der Waals surface area contributed by atoms with Crippen LogP contribution in [-0.4, -0.2) is 35.1 Å². The van der Waals surface area contributed by atoms with Crippen LogP contribution in [-0.2, 0) is 28.9 Å². The van der Waals surface area contributed by atoms with Gasteiger partial charge < -0.3 is 10.6 Å². The van der Waals surface area contributed by atoms with Crippen LogP contribution in [0.15, 0.2) is 72.8 Å². The monoisotopic (exact) mass is 589 g/mol. The number of carbonyl (C=O) groups excluding carboxylic acids is 4. The summed E-state index contributed by atoms with van der Waals surface area (Å²) in [7, 11) is 0. The van der Waals surface area contributed by atoms with Crippen molar-refractivity contribution in [3.8, 4) is 0 Å². The zero-order valence-electron chi connectivity index (χ0n) is 22.5. The highest BCUT2D eigenvalue weighted by atomic mass is 35.5. The number of rotatable bonds is 8. The molecule has 2 bridgehead atoms. The van der Waals surface area contributed by atoms with Crippen molar-refractivity contribution in [2.24, 2.45) is 11.8 Å². The third kappa shape index (κ3) is 4.25. The summed E-state index contributed by atoms with van der Waals surface area (Å²) >= 11 is 14.9. The fourth-order valence-electron chi connectivity index (χ4n) is 6.74. The molecule has 41 heavy (non-hydrogen) atoms. The first-order valence-corrected chi connectivity index (χ1v) is 14.5. The quantitative estimate of drug-likeness (QED) is 0.199. The lowest BCUT2D eigenvalue weighted by Crippen LogP contribution is -2.57. The summed E-state index contributed by atoms with van der Waals surface area (Å²) < 4.78 is 0. The molecule has 0 unspecified atom stereocenters. The van der Waals surface area contributed by atoms with Crippen LogP contribution in [0.5, 0.6) is 0 Å². The van der Waals surface area contributed by atoms with Crippen LogP contribution in [0, 0.1) is 11.8 Å². The lowest BCUT2D eigenvalue weighted by atomic mass is 9.54. The number of nitrogens with one attached hydrogen (secondary N) is 2. The summed E-state index contributed by atoms with van der Waals surface area (Å²) in [4.78, 5) is 50.2. The second kappa shape index (κ2) is 10.3. The zero-order chi connectivity index (χ0) is 28.9. The molecule has 1 heterocycles. The van der Waals surface area contributed by atoms with Gasteiger partial charge in [0.25, 0.3) is 0 Å². The van der Waals surface area contributed by atoms with Crippen molar-refractivity contribution in [2.75, 3.05) is 17.2 Å².